The summed E-state index contributed by atoms with van der Waals surface area (Å²) >= 11 is 0. The number of benzene rings is 1. The van der Waals surface area contributed by atoms with Crippen molar-refractivity contribution in [2.45, 2.75) is 26.8 Å². The van der Waals surface area contributed by atoms with Crippen molar-refractivity contribution in [3.63, 3.8) is 0 Å². The molecule has 0 saturated carbocycles. The van der Waals surface area contributed by atoms with E-state index in [1.165, 1.54) is 0 Å². The summed E-state index contributed by atoms with van der Waals surface area (Å²) in [6.07, 6.45) is 0. The highest BCUT2D eigenvalue weighted by molar-refractivity contribution is 5.98. The summed E-state index contributed by atoms with van der Waals surface area (Å²) in [5.41, 5.74) is 1.33. The molecule has 0 unspecified atom stereocenters. The van der Waals surface area contributed by atoms with E-state index in [-0.39, 0.29) is 18.6 Å². The number of carbonyl (C=O) groups is 1. The van der Waals surface area contributed by atoms with Crippen LogP contribution in [0.4, 0.5) is 0 Å². The Morgan fingerprint density at radius 3 is 2.50 bits per heavy atom. The predicted octanol–water partition coefficient (Wildman–Crippen LogP) is 1.79. The van der Waals surface area contributed by atoms with E-state index in [1.54, 1.807) is 31.2 Å². The van der Waals surface area contributed by atoms with Gasteiger partial charge in [-0.1, -0.05) is 5.16 Å². The van der Waals surface area contributed by atoms with Crippen LogP contribution in [-0.4, -0.2) is 29.5 Å². The van der Waals surface area contributed by atoms with Crippen LogP contribution in [0.15, 0.2) is 29.4 Å². The van der Waals surface area contributed by atoms with Gasteiger partial charge in [0.1, 0.15) is 5.75 Å². The number of nitrogens with one attached hydrogen (secondary N) is 1. The molecule has 98 valence electrons. The van der Waals surface area contributed by atoms with Crippen LogP contribution in [0.5, 0.6) is 5.75 Å². The van der Waals surface area contributed by atoms with Gasteiger partial charge in [0.15, 0.2) is 6.61 Å². The Bertz CT molecular complexity index is 424. The molecule has 0 saturated heterocycles. The van der Waals surface area contributed by atoms with Gasteiger partial charge in [-0.15, -0.1) is 0 Å². The molecule has 0 aliphatic rings. The van der Waals surface area contributed by atoms with Gasteiger partial charge in [-0.3, -0.25) is 4.79 Å². The first-order valence-corrected chi connectivity index (χ1v) is 5.74. The van der Waals surface area contributed by atoms with Crippen LogP contribution < -0.4 is 10.1 Å². The number of hydrogen-bond acceptors (Lipinski definition) is 4. The molecule has 5 heteroatoms. The molecular weight excluding hydrogens is 232 g/mol. The quantitative estimate of drug-likeness (QED) is 0.475. The average molecular weight is 250 g/mol. The predicted molar refractivity (Wildman–Crippen MR) is 69.2 cm³/mol. The summed E-state index contributed by atoms with van der Waals surface area (Å²) in [7, 11) is 0. The first kappa shape index (κ1) is 14.0. The van der Waals surface area contributed by atoms with E-state index in [2.05, 4.69) is 10.5 Å². The summed E-state index contributed by atoms with van der Waals surface area (Å²) in [4.78, 5) is 11.4. The zero-order valence-corrected chi connectivity index (χ0v) is 10.8. The van der Waals surface area contributed by atoms with Crippen LogP contribution in [0.2, 0.25) is 0 Å². The second-order valence-corrected chi connectivity index (χ2v) is 4.22. The minimum atomic E-state index is -0.151. The van der Waals surface area contributed by atoms with E-state index in [0.29, 0.717) is 11.5 Å². The van der Waals surface area contributed by atoms with Crippen molar-refractivity contribution in [1.82, 2.24) is 5.32 Å². The van der Waals surface area contributed by atoms with E-state index < -0.39 is 0 Å². The van der Waals surface area contributed by atoms with E-state index in [4.69, 9.17) is 9.94 Å². The minimum absolute atomic E-state index is 0.00933. The zero-order chi connectivity index (χ0) is 13.5. The van der Waals surface area contributed by atoms with Crippen LogP contribution in [-0.2, 0) is 4.79 Å². The van der Waals surface area contributed by atoms with Crippen LogP contribution in [0.1, 0.15) is 26.3 Å². The fourth-order valence-corrected chi connectivity index (χ4v) is 1.36. The number of oxime groups is 1. The van der Waals surface area contributed by atoms with E-state index in [0.717, 1.165) is 5.56 Å². The van der Waals surface area contributed by atoms with Gasteiger partial charge < -0.3 is 15.3 Å². The van der Waals surface area contributed by atoms with Crippen LogP contribution in [0, 0.1) is 0 Å². The van der Waals surface area contributed by atoms with Gasteiger partial charge in [0.2, 0.25) is 0 Å². The van der Waals surface area contributed by atoms with Gasteiger partial charge in [-0.25, -0.2) is 0 Å². The Hall–Kier alpha value is -2.04. The number of carbonyl (C=O) groups excluding carboxylic acids is 1. The molecular formula is C13H18N2O3. The van der Waals surface area contributed by atoms with Crippen molar-refractivity contribution in [2.24, 2.45) is 5.16 Å². The number of nitrogens with zero attached hydrogens (tertiary/aromatic N) is 1. The maximum Gasteiger partial charge on any atom is 0.258 e. The van der Waals surface area contributed by atoms with Crippen LogP contribution in [0.25, 0.3) is 0 Å². The number of ether oxygens (including phenoxy) is 1. The van der Waals surface area contributed by atoms with Crippen molar-refractivity contribution in [2.75, 3.05) is 6.61 Å². The molecule has 2 N–H and O–H groups in total. The lowest BCUT2D eigenvalue weighted by molar-refractivity contribution is -0.123. The van der Waals surface area contributed by atoms with Crippen LogP contribution in [0.3, 0.4) is 0 Å². The third kappa shape index (κ3) is 4.45. The molecule has 0 aliphatic heterocycles. The fourth-order valence-electron chi connectivity index (χ4n) is 1.36. The molecule has 0 heterocycles. The Labute approximate surface area is 106 Å². The Morgan fingerprint density at radius 2 is 2.00 bits per heavy atom. The van der Waals surface area contributed by atoms with Gasteiger partial charge >= 0.3 is 0 Å². The van der Waals surface area contributed by atoms with Gasteiger partial charge in [0.25, 0.3) is 5.91 Å². The summed E-state index contributed by atoms with van der Waals surface area (Å²) in [5.74, 6) is 0.450. The Balaban J connectivity index is 2.52. The average Bonchev–Trinajstić information content (AvgIpc) is 2.35. The minimum Gasteiger partial charge on any atom is -0.484 e. The summed E-state index contributed by atoms with van der Waals surface area (Å²) in [5, 5.41) is 14.5. The molecule has 0 fully saturated rings. The second-order valence-electron chi connectivity index (χ2n) is 4.22. The zero-order valence-electron chi connectivity index (χ0n) is 10.8. The molecule has 0 atom stereocenters. The van der Waals surface area contributed by atoms with Gasteiger partial charge in [0.05, 0.1) is 5.71 Å². The smallest absolute Gasteiger partial charge is 0.258 e. The maximum absolute atomic E-state index is 11.4. The van der Waals surface area contributed by atoms with Crippen molar-refractivity contribution in [3.8, 4) is 5.75 Å². The lowest BCUT2D eigenvalue weighted by Crippen LogP contribution is -2.34. The number of rotatable bonds is 5. The highest BCUT2D eigenvalue weighted by atomic mass is 16.5. The van der Waals surface area contributed by atoms with E-state index in [1.807, 2.05) is 13.8 Å². The topological polar surface area (TPSA) is 70.9 Å². The molecule has 5 nitrogen and oxygen atoms in total. The molecule has 0 aliphatic carbocycles. The summed E-state index contributed by atoms with van der Waals surface area (Å²) < 4.78 is 5.32. The summed E-state index contributed by atoms with van der Waals surface area (Å²) in [6.45, 7) is 5.48. The fraction of sp³-hybridized carbons (Fsp3) is 0.385. The van der Waals surface area contributed by atoms with Crippen molar-refractivity contribution in [3.05, 3.63) is 29.8 Å². The molecule has 1 rings (SSSR count). The lowest BCUT2D eigenvalue weighted by atomic mass is 10.1. The van der Waals surface area contributed by atoms with Gasteiger partial charge in [-0.2, -0.15) is 0 Å². The third-order valence-corrected chi connectivity index (χ3v) is 2.24. The van der Waals surface area contributed by atoms with Crippen molar-refractivity contribution < 1.29 is 14.7 Å². The van der Waals surface area contributed by atoms with Gasteiger partial charge in [0, 0.05) is 6.04 Å². The monoisotopic (exact) mass is 250 g/mol. The highest BCUT2D eigenvalue weighted by Gasteiger charge is 2.04. The molecule has 1 aromatic rings. The Morgan fingerprint density at radius 1 is 1.39 bits per heavy atom. The largest absolute Gasteiger partial charge is 0.484 e. The summed E-state index contributed by atoms with van der Waals surface area (Å²) in [6, 6.07) is 7.10. The van der Waals surface area contributed by atoms with Crippen LogP contribution >= 0.6 is 0 Å². The maximum atomic E-state index is 11.4. The van der Waals surface area contributed by atoms with E-state index in [9.17, 15) is 4.79 Å². The highest BCUT2D eigenvalue weighted by Crippen LogP contribution is 2.12. The molecule has 1 aromatic carbocycles. The molecule has 0 aromatic heterocycles. The first-order valence-electron chi connectivity index (χ1n) is 5.74. The standard InChI is InChI=1S/C13H18N2O3/c1-9(2)14-13(16)8-18-12-6-4-11(5-7-12)10(3)15-17/h4-7,9,17H,8H2,1-3H3,(H,14,16)/b15-10+. The first-order chi connectivity index (χ1) is 8.52. The van der Waals surface area contributed by atoms with Gasteiger partial charge in [-0.05, 0) is 50.6 Å². The molecule has 0 bridgehead atoms. The Kier molecular flexibility index (Phi) is 5.17. The SMILES string of the molecule is C/C(=N\O)c1ccc(OCC(=O)NC(C)C)cc1. The molecule has 18 heavy (non-hydrogen) atoms. The van der Waals surface area contributed by atoms with Crippen molar-refractivity contribution >= 4 is 11.6 Å². The lowest BCUT2D eigenvalue weighted by Gasteiger charge is -2.10. The normalized spacial score (nSPS) is 11.4. The molecule has 0 radical (unpaired) electrons. The third-order valence-electron chi connectivity index (χ3n) is 2.24. The van der Waals surface area contributed by atoms with Crippen molar-refractivity contribution in [1.29, 1.82) is 0 Å². The molecule has 1 amide bonds. The molecule has 0 spiro atoms. The number of hydrogen-bond donors (Lipinski definition) is 2. The van der Waals surface area contributed by atoms with E-state index >= 15 is 0 Å². The second kappa shape index (κ2) is 6.64. The number of amides is 1.